The highest BCUT2D eigenvalue weighted by Crippen LogP contribution is 2.20. The highest BCUT2D eigenvalue weighted by Gasteiger charge is 2.18. The molecule has 0 aliphatic carbocycles. The SMILES string of the molecule is CCC1CCN(CCC(=O)Nc2cc(N)ccc2C)CC1. The van der Waals surface area contributed by atoms with Crippen LogP contribution in [0, 0.1) is 12.8 Å². The first-order valence-corrected chi connectivity index (χ1v) is 7.96. The van der Waals surface area contributed by atoms with Crippen LogP contribution in [0.2, 0.25) is 0 Å². The van der Waals surface area contributed by atoms with Gasteiger partial charge in [-0.05, 0) is 56.5 Å². The van der Waals surface area contributed by atoms with Crippen LogP contribution in [0.1, 0.15) is 38.2 Å². The van der Waals surface area contributed by atoms with Gasteiger partial charge in [-0.2, -0.15) is 0 Å². The number of hydrogen-bond acceptors (Lipinski definition) is 3. The Bertz CT molecular complexity index is 479. The van der Waals surface area contributed by atoms with E-state index in [1.165, 1.54) is 19.3 Å². The lowest BCUT2D eigenvalue weighted by Gasteiger charge is -2.31. The standard InChI is InChI=1S/C17H27N3O/c1-3-14-6-9-20(10-7-14)11-8-17(21)19-16-12-15(18)5-4-13(16)2/h4-5,12,14H,3,6-11,18H2,1-2H3,(H,19,21). The number of benzene rings is 1. The fourth-order valence-electron chi connectivity index (χ4n) is 2.86. The zero-order chi connectivity index (χ0) is 15.2. The maximum absolute atomic E-state index is 12.1. The number of rotatable bonds is 5. The van der Waals surface area contributed by atoms with Crippen molar-refractivity contribution in [2.45, 2.75) is 39.5 Å². The first-order valence-electron chi connectivity index (χ1n) is 7.96. The van der Waals surface area contributed by atoms with Gasteiger partial charge in [0.15, 0.2) is 0 Å². The van der Waals surface area contributed by atoms with Crippen LogP contribution in [0.5, 0.6) is 0 Å². The third-order valence-electron chi connectivity index (χ3n) is 4.48. The van der Waals surface area contributed by atoms with Gasteiger partial charge in [-0.1, -0.05) is 19.4 Å². The first kappa shape index (κ1) is 15.8. The average molecular weight is 289 g/mol. The Balaban J connectivity index is 1.76. The molecule has 1 aromatic carbocycles. The Morgan fingerprint density at radius 1 is 1.38 bits per heavy atom. The zero-order valence-corrected chi connectivity index (χ0v) is 13.2. The Morgan fingerprint density at radius 3 is 2.76 bits per heavy atom. The van der Waals surface area contributed by atoms with Crippen LogP contribution < -0.4 is 11.1 Å². The lowest BCUT2D eigenvalue weighted by Crippen LogP contribution is -2.35. The number of carbonyl (C=O) groups is 1. The van der Waals surface area contributed by atoms with E-state index in [1.807, 2.05) is 25.1 Å². The van der Waals surface area contributed by atoms with Crippen LogP contribution in [0.15, 0.2) is 18.2 Å². The van der Waals surface area contributed by atoms with Gasteiger partial charge in [0.2, 0.25) is 5.91 Å². The molecule has 1 amide bonds. The number of nitrogens with zero attached hydrogens (tertiary/aromatic N) is 1. The average Bonchev–Trinajstić information content (AvgIpc) is 2.49. The van der Waals surface area contributed by atoms with Gasteiger partial charge in [-0.25, -0.2) is 0 Å². The molecular weight excluding hydrogens is 262 g/mol. The van der Waals surface area contributed by atoms with Crippen molar-refractivity contribution in [3.8, 4) is 0 Å². The number of aryl methyl sites for hydroxylation is 1. The number of nitrogens with one attached hydrogen (secondary N) is 1. The largest absolute Gasteiger partial charge is 0.399 e. The molecule has 116 valence electrons. The van der Waals surface area contributed by atoms with Crippen molar-refractivity contribution < 1.29 is 4.79 Å². The fourth-order valence-corrected chi connectivity index (χ4v) is 2.86. The van der Waals surface area contributed by atoms with E-state index in [4.69, 9.17) is 5.73 Å². The number of nitrogen functional groups attached to an aromatic ring is 1. The molecule has 0 aromatic heterocycles. The Morgan fingerprint density at radius 2 is 2.10 bits per heavy atom. The summed E-state index contributed by atoms with van der Waals surface area (Å²) in [6.45, 7) is 7.35. The third kappa shape index (κ3) is 4.74. The Hall–Kier alpha value is -1.55. The van der Waals surface area contributed by atoms with Crippen LogP contribution in [-0.4, -0.2) is 30.4 Å². The van der Waals surface area contributed by atoms with Gasteiger partial charge in [0.05, 0.1) is 0 Å². The molecule has 4 nitrogen and oxygen atoms in total. The number of anilines is 2. The van der Waals surface area contributed by atoms with E-state index in [1.54, 1.807) is 0 Å². The highest BCUT2D eigenvalue weighted by molar-refractivity contribution is 5.92. The smallest absolute Gasteiger partial charge is 0.225 e. The quantitative estimate of drug-likeness (QED) is 0.819. The summed E-state index contributed by atoms with van der Waals surface area (Å²) in [5.41, 5.74) is 8.31. The van der Waals surface area contributed by atoms with Crippen LogP contribution in [0.4, 0.5) is 11.4 Å². The molecule has 21 heavy (non-hydrogen) atoms. The monoisotopic (exact) mass is 289 g/mol. The molecule has 2 rings (SSSR count). The van der Waals surface area contributed by atoms with Crippen LogP contribution in [0.3, 0.4) is 0 Å². The predicted octanol–water partition coefficient (Wildman–Crippen LogP) is 3.03. The van der Waals surface area contributed by atoms with Gasteiger partial charge >= 0.3 is 0 Å². The Kier molecular flexibility index (Phi) is 5.62. The summed E-state index contributed by atoms with van der Waals surface area (Å²) in [5, 5.41) is 2.96. The Labute approximate surface area is 127 Å². The summed E-state index contributed by atoms with van der Waals surface area (Å²) in [4.78, 5) is 14.5. The molecule has 0 unspecified atom stereocenters. The van der Waals surface area contributed by atoms with Gasteiger partial charge < -0.3 is 16.0 Å². The van der Waals surface area contributed by atoms with E-state index in [0.29, 0.717) is 12.1 Å². The summed E-state index contributed by atoms with van der Waals surface area (Å²) < 4.78 is 0. The molecule has 0 bridgehead atoms. The highest BCUT2D eigenvalue weighted by atomic mass is 16.1. The molecule has 0 spiro atoms. The summed E-state index contributed by atoms with van der Waals surface area (Å²) in [5.74, 6) is 0.950. The molecule has 1 aromatic rings. The molecule has 1 aliphatic rings. The second-order valence-electron chi connectivity index (χ2n) is 6.07. The second-order valence-corrected chi connectivity index (χ2v) is 6.07. The number of carbonyl (C=O) groups excluding carboxylic acids is 1. The van der Waals surface area contributed by atoms with Gasteiger partial charge in [-0.3, -0.25) is 4.79 Å². The maximum atomic E-state index is 12.1. The van der Waals surface area contributed by atoms with E-state index < -0.39 is 0 Å². The summed E-state index contributed by atoms with van der Waals surface area (Å²) in [7, 11) is 0. The normalized spacial score (nSPS) is 16.9. The van der Waals surface area contributed by atoms with E-state index in [9.17, 15) is 4.79 Å². The van der Waals surface area contributed by atoms with Crippen molar-refractivity contribution in [2.24, 2.45) is 5.92 Å². The zero-order valence-electron chi connectivity index (χ0n) is 13.2. The van der Waals surface area contributed by atoms with Crippen molar-refractivity contribution in [3.05, 3.63) is 23.8 Å². The lowest BCUT2D eigenvalue weighted by molar-refractivity contribution is -0.116. The topological polar surface area (TPSA) is 58.4 Å². The van der Waals surface area contributed by atoms with E-state index in [-0.39, 0.29) is 5.91 Å². The third-order valence-corrected chi connectivity index (χ3v) is 4.48. The van der Waals surface area contributed by atoms with Crippen LogP contribution >= 0.6 is 0 Å². The molecule has 0 radical (unpaired) electrons. The molecule has 3 N–H and O–H groups in total. The molecule has 0 saturated carbocycles. The summed E-state index contributed by atoms with van der Waals surface area (Å²) in [6.07, 6.45) is 4.37. The van der Waals surface area contributed by atoms with Gasteiger partial charge in [0, 0.05) is 24.3 Å². The molecule has 1 saturated heterocycles. The minimum atomic E-state index is 0.0707. The second kappa shape index (κ2) is 7.46. The molecule has 4 heteroatoms. The molecular formula is C17H27N3O. The number of amides is 1. The van der Waals surface area contributed by atoms with Crippen molar-refractivity contribution in [1.82, 2.24) is 4.90 Å². The van der Waals surface area contributed by atoms with Gasteiger partial charge in [-0.15, -0.1) is 0 Å². The number of piperidine rings is 1. The van der Waals surface area contributed by atoms with Gasteiger partial charge in [0.1, 0.15) is 0 Å². The molecule has 1 fully saturated rings. The molecule has 1 aliphatic heterocycles. The van der Waals surface area contributed by atoms with Crippen molar-refractivity contribution >= 4 is 17.3 Å². The number of likely N-dealkylation sites (tertiary alicyclic amines) is 1. The van der Waals surface area contributed by atoms with E-state index >= 15 is 0 Å². The summed E-state index contributed by atoms with van der Waals surface area (Å²) >= 11 is 0. The summed E-state index contributed by atoms with van der Waals surface area (Å²) in [6, 6.07) is 5.60. The fraction of sp³-hybridized carbons (Fsp3) is 0.588. The minimum absolute atomic E-state index is 0.0707. The van der Waals surface area contributed by atoms with Crippen molar-refractivity contribution in [2.75, 3.05) is 30.7 Å². The molecule has 1 heterocycles. The van der Waals surface area contributed by atoms with Crippen molar-refractivity contribution in [3.63, 3.8) is 0 Å². The minimum Gasteiger partial charge on any atom is -0.399 e. The molecule has 0 atom stereocenters. The van der Waals surface area contributed by atoms with E-state index in [2.05, 4.69) is 17.1 Å². The first-order chi connectivity index (χ1) is 10.1. The van der Waals surface area contributed by atoms with Crippen LogP contribution in [0.25, 0.3) is 0 Å². The van der Waals surface area contributed by atoms with Gasteiger partial charge in [0.25, 0.3) is 0 Å². The predicted molar refractivity (Wildman–Crippen MR) is 88.3 cm³/mol. The lowest BCUT2D eigenvalue weighted by atomic mass is 9.94. The number of hydrogen-bond donors (Lipinski definition) is 2. The maximum Gasteiger partial charge on any atom is 0.225 e. The van der Waals surface area contributed by atoms with Crippen molar-refractivity contribution in [1.29, 1.82) is 0 Å². The van der Waals surface area contributed by atoms with E-state index in [0.717, 1.165) is 36.8 Å². The van der Waals surface area contributed by atoms with Crippen LogP contribution in [-0.2, 0) is 4.79 Å². The number of nitrogens with two attached hydrogens (primary N) is 1.